The van der Waals surface area contributed by atoms with Crippen LogP contribution < -0.4 is 0 Å². The van der Waals surface area contributed by atoms with E-state index in [1.807, 2.05) is 6.92 Å². The van der Waals surface area contributed by atoms with Crippen molar-refractivity contribution in [1.29, 1.82) is 0 Å². The largest absolute Gasteiger partial charge is 0.465 e. The second kappa shape index (κ2) is 7.82. The highest BCUT2D eigenvalue weighted by molar-refractivity contribution is 7.87. The van der Waals surface area contributed by atoms with Gasteiger partial charge in [0.1, 0.15) is 17.8 Å². The standard InChI is InChI=1S/C21H30F2O9S/c1-17(5-3-2-4-6-17)31-15(24)10-30-19-8-14-7-18(26,11-19)12-20(9-14,13-19)32-16(25)21(22,23)33(27,28)29/h14,26H,2-13H2,1H3,(H,27,28,29). The Balaban J connectivity index is 1.47. The maximum atomic E-state index is 13.8. The van der Waals surface area contributed by atoms with Crippen LogP contribution in [0.2, 0.25) is 0 Å². The molecule has 0 amide bonds. The van der Waals surface area contributed by atoms with Gasteiger partial charge in [0.25, 0.3) is 0 Å². The Morgan fingerprint density at radius 1 is 1.00 bits per heavy atom. The average Bonchev–Trinajstić information content (AvgIpc) is 2.63. The fourth-order valence-corrected chi connectivity index (χ4v) is 7.02. The van der Waals surface area contributed by atoms with Gasteiger partial charge in [-0.05, 0) is 57.8 Å². The predicted octanol–water partition coefficient (Wildman–Crippen LogP) is 2.50. The fraction of sp³-hybridized carbons (Fsp3) is 0.905. The van der Waals surface area contributed by atoms with Gasteiger partial charge in [0.05, 0.1) is 11.2 Å². The van der Waals surface area contributed by atoms with E-state index in [0.29, 0.717) is 12.8 Å². The number of esters is 2. The van der Waals surface area contributed by atoms with Crippen LogP contribution in [0, 0.1) is 5.92 Å². The van der Waals surface area contributed by atoms with Crippen molar-refractivity contribution in [3.63, 3.8) is 0 Å². The van der Waals surface area contributed by atoms with Crippen LogP contribution in [0.5, 0.6) is 0 Å². The van der Waals surface area contributed by atoms with Gasteiger partial charge >= 0.3 is 27.3 Å². The Bertz CT molecular complexity index is 932. The average molecular weight is 497 g/mol. The molecule has 5 aliphatic rings. The molecule has 4 atom stereocenters. The number of rotatable bonds is 7. The molecular formula is C21H30F2O9S. The van der Waals surface area contributed by atoms with E-state index >= 15 is 0 Å². The second-order valence-electron chi connectivity index (χ2n) is 10.8. The van der Waals surface area contributed by atoms with E-state index < -0.39 is 56.3 Å². The molecule has 5 aliphatic carbocycles. The summed E-state index contributed by atoms with van der Waals surface area (Å²) in [6.45, 7) is 1.48. The number of carbonyl (C=O) groups excluding carboxylic acids is 2. The van der Waals surface area contributed by atoms with Gasteiger partial charge in [-0.1, -0.05) is 6.42 Å². The minimum absolute atomic E-state index is 0.0728. The lowest BCUT2D eigenvalue weighted by atomic mass is 9.50. The number of alkyl halides is 2. The summed E-state index contributed by atoms with van der Waals surface area (Å²) in [7, 11) is -6.02. The van der Waals surface area contributed by atoms with Crippen molar-refractivity contribution < 1.29 is 50.7 Å². The first-order valence-corrected chi connectivity index (χ1v) is 12.7. The van der Waals surface area contributed by atoms with Crippen LogP contribution >= 0.6 is 0 Å². The molecule has 33 heavy (non-hydrogen) atoms. The van der Waals surface area contributed by atoms with E-state index in [-0.39, 0.29) is 31.6 Å². The maximum absolute atomic E-state index is 13.8. The van der Waals surface area contributed by atoms with Crippen molar-refractivity contribution in [3.05, 3.63) is 0 Å². The monoisotopic (exact) mass is 496 g/mol. The summed E-state index contributed by atoms with van der Waals surface area (Å²) in [6.07, 6.45) is 5.38. The minimum atomic E-state index is -6.02. The zero-order chi connectivity index (χ0) is 24.3. The Morgan fingerprint density at radius 2 is 1.61 bits per heavy atom. The number of carbonyl (C=O) groups is 2. The Morgan fingerprint density at radius 3 is 2.21 bits per heavy atom. The van der Waals surface area contributed by atoms with Gasteiger partial charge in [0.15, 0.2) is 0 Å². The van der Waals surface area contributed by atoms with E-state index in [2.05, 4.69) is 0 Å². The van der Waals surface area contributed by atoms with E-state index in [1.165, 1.54) is 0 Å². The minimum Gasteiger partial charge on any atom is -0.458 e. The number of hydrogen-bond donors (Lipinski definition) is 2. The van der Waals surface area contributed by atoms with E-state index in [4.69, 9.17) is 18.8 Å². The summed E-state index contributed by atoms with van der Waals surface area (Å²) in [6, 6.07) is 0. The lowest BCUT2D eigenvalue weighted by Gasteiger charge is -2.63. The molecule has 5 fully saturated rings. The molecular weight excluding hydrogens is 466 g/mol. The van der Waals surface area contributed by atoms with Crippen LogP contribution in [-0.2, 0) is 33.9 Å². The Kier molecular flexibility index (Phi) is 5.87. The van der Waals surface area contributed by atoms with Crippen LogP contribution in [0.1, 0.15) is 77.6 Å². The summed E-state index contributed by atoms with van der Waals surface area (Å²) in [5.74, 6) is -3.19. The molecule has 5 rings (SSSR count). The smallest absolute Gasteiger partial charge is 0.458 e. The molecule has 9 nitrogen and oxygen atoms in total. The molecule has 0 aromatic heterocycles. The van der Waals surface area contributed by atoms with Gasteiger partial charge in [-0.15, -0.1) is 0 Å². The van der Waals surface area contributed by atoms with Gasteiger partial charge in [-0.3, -0.25) is 4.55 Å². The van der Waals surface area contributed by atoms with Crippen molar-refractivity contribution in [2.24, 2.45) is 5.92 Å². The molecule has 188 valence electrons. The summed E-state index contributed by atoms with van der Waals surface area (Å²) < 4.78 is 74.9. The van der Waals surface area contributed by atoms with Crippen molar-refractivity contribution in [1.82, 2.24) is 0 Å². The first-order valence-electron chi connectivity index (χ1n) is 11.3. The lowest BCUT2D eigenvalue weighted by Crippen LogP contribution is -2.68. The summed E-state index contributed by atoms with van der Waals surface area (Å²) in [5.41, 5.74) is -4.62. The van der Waals surface area contributed by atoms with Gasteiger partial charge in [0.2, 0.25) is 0 Å². The summed E-state index contributed by atoms with van der Waals surface area (Å²) >= 11 is 0. The number of hydrogen-bond acceptors (Lipinski definition) is 8. The zero-order valence-electron chi connectivity index (χ0n) is 18.5. The number of aliphatic hydroxyl groups is 1. The number of ether oxygens (including phenoxy) is 3. The quantitative estimate of drug-likeness (QED) is 0.402. The highest BCUT2D eigenvalue weighted by Gasteiger charge is 2.67. The maximum Gasteiger partial charge on any atom is 0.465 e. The third-order valence-electron chi connectivity index (χ3n) is 7.58. The zero-order valence-corrected chi connectivity index (χ0v) is 19.3. The predicted molar refractivity (Wildman–Crippen MR) is 108 cm³/mol. The molecule has 0 aromatic carbocycles. The van der Waals surface area contributed by atoms with Crippen LogP contribution in [0.15, 0.2) is 0 Å². The van der Waals surface area contributed by atoms with Gasteiger partial charge in [-0.2, -0.15) is 17.2 Å². The van der Waals surface area contributed by atoms with Crippen molar-refractivity contribution in [2.75, 3.05) is 6.61 Å². The third-order valence-corrected chi connectivity index (χ3v) is 8.39. The Labute approximate surface area is 190 Å². The van der Waals surface area contributed by atoms with Gasteiger partial charge in [-0.25, -0.2) is 9.59 Å². The lowest BCUT2D eigenvalue weighted by molar-refractivity contribution is -0.278. The highest BCUT2D eigenvalue weighted by atomic mass is 32.2. The van der Waals surface area contributed by atoms with E-state index in [9.17, 15) is 31.9 Å². The van der Waals surface area contributed by atoms with E-state index in [1.54, 1.807) is 0 Å². The summed E-state index contributed by atoms with van der Waals surface area (Å²) in [4.78, 5) is 24.5. The molecule has 12 heteroatoms. The molecule has 5 saturated carbocycles. The molecule has 0 aliphatic heterocycles. The number of halogens is 2. The molecule has 0 heterocycles. The first kappa shape index (κ1) is 24.7. The molecule has 4 unspecified atom stereocenters. The second-order valence-corrected chi connectivity index (χ2v) is 12.2. The van der Waals surface area contributed by atoms with Crippen LogP contribution in [0.4, 0.5) is 8.78 Å². The third kappa shape index (κ3) is 4.76. The summed E-state index contributed by atoms with van der Waals surface area (Å²) in [5, 5.41) is 5.90. The van der Waals surface area contributed by atoms with Gasteiger partial charge in [0, 0.05) is 19.3 Å². The SMILES string of the molecule is CC1(OC(=O)COC23CC4CC(O)(C2)CC(OC(=O)C(F)(F)S(=O)(=O)O)(C4)C3)CCCCC1. The van der Waals surface area contributed by atoms with Crippen LogP contribution in [0.3, 0.4) is 0 Å². The van der Waals surface area contributed by atoms with Crippen molar-refractivity contribution in [2.45, 2.75) is 105 Å². The highest BCUT2D eigenvalue weighted by Crippen LogP contribution is 2.62. The molecule has 4 bridgehead atoms. The van der Waals surface area contributed by atoms with E-state index in [0.717, 1.165) is 32.1 Å². The van der Waals surface area contributed by atoms with Crippen LogP contribution in [0.25, 0.3) is 0 Å². The normalized spacial score (nSPS) is 37.5. The van der Waals surface area contributed by atoms with Crippen molar-refractivity contribution in [3.8, 4) is 0 Å². The van der Waals surface area contributed by atoms with Gasteiger partial charge < -0.3 is 19.3 Å². The topological polar surface area (TPSA) is 136 Å². The molecule has 2 N–H and O–H groups in total. The fourth-order valence-electron chi connectivity index (χ4n) is 6.77. The molecule has 0 radical (unpaired) electrons. The molecule has 0 saturated heterocycles. The Hall–Kier alpha value is -1.37. The molecule has 0 spiro atoms. The van der Waals surface area contributed by atoms with Crippen molar-refractivity contribution >= 4 is 22.1 Å². The van der Waals surface area contributed by atoms with Crippen LogP contribution in [-0.4, -0.2) is 64.3 Å². The molecule has 0 aromatic rings. The first-order chi connectivity index (χ1) is 15.1.